The van der Waals surface area contributed by atoms with Crippen molar-refractivity contribution in [1.82, 2.24) is 26.6 Å². The molecule has 60 heavy (non-hydrogen) atoms. The smallest absolute Gasteiger partial charge is 0.305 e. The van der Waals surface area contributed by atoms with Crippen LogP contribution in [0.25, 0.3) is 0 Å². The number of primary amides is 1. The first-order valence-electron chi connectivity index (χ1n) is 18.5. The maximum absolute atomic E-state index is 14.1. The number of amides is 6. The average molecular weight is 839 g/mol. The summed E-state index contributed by atoms with van der Waals surface area (Å²) in [6, 6.07) is 9.04. The van der Waals surface area contributed by atoms with Crippen LogP contribution >= 0.6 is 0 Å². The maximum Gasteiger partial charge on any atom is 0.305 e. The highest BCUT2D eigenvalue weighted by Gasteiger charge is 2.31. The second-order valence-corrected chi connectivity index (χ2v) is 13.6. The van der Waals surface area contributed by atoms with Crippen LogP contribution in [0.5, 0.6) is 5.75 Å². The van der Waals surface area contributed by atoms with Crippen molar-refractivity contribution in [2.24, 2.45) is 27.9 Å². The number of carboxylic acids is 1. The standard InChI is InChI=1S/C39H48F2N10O9/c40-24-9-3-21(4-10-24)16-27(42)35(57)50-30(17-22-5-11-25(41)12-6-22)38(60)51-31(18-23-7-13-26(52)14-8-23)37(59)49-28(2-1-15-46-39(44)45)36(58)47-20-32(53)48-29(34(43)56)19-33(54)55/h3-14,27-31,52H,1-2,15-20,42H2,(H2,43,56)(H,47,58)(H,48,53)(H,49,59)(H,50,57)(H,51,60)(H,54,55)(H4,44,45,46). The van der Waals surface area contributed by atoms with E-state index >= 15 is 0 Å². The molecule has 3 aromatic carbocycles. The Hall–Kier alpha value is -7.16. The van der Waals surface area contributed by atoms with Gasteiger partial charge in [-0.25, -0.2) is 8.78 Å². The maximum atomic E-state index is 14.1. The molecule has 0 saturated carbocycles. The molecule has 5 unspecified atom stereocenters. The highest BCUT2D eigenvalue weighted by atomic mass is 19.1. The van der Waals surface area contributed by atoms with Gasteiger partial charge in [0.2, 0.25) is 35.4 Å². The lowest BCUT2D eigenvalue weighted by atomic mass is 10.0. The molecule has 0 saturated heterocycles. The number of halogens is 2. The summed E-state index contributed by atoms with van der Waals surface area (Å²) < 4.78 is 27.2. The molecule has 3 rings (SSSR count). The number of rotatable bonds is 23. The predicted octanol–water partition coefficient (Wildman–Crippen LogP) is -1.91. The van der Waals surface area contributed by atoms with E-state index in [1.807, 2.05) is 0 Å². The molecule has 19 nitrogen and oxygen atoms in total. The quantitative estimate of drug-likeness (QED) is 0.0283. The molecule has 0 bridgehead atoms. The lowest BCUT2D eigenvalue weighted by Gasteiger charge is -2.26. The summed E-state index contributed by atoms with van der Waals surface area (Å²) in [5.41, 5.74) is 23.5. The van der Waals surface area contributed by atoms with Gasteiger partial charge in [0.15, 0.2) is 5.96 Å². The summed E-state index contributed by atoms with van der Waals surface area (Å²) >= 11 is 0. The molecule has 6 amide bonds. The number of hydrogen-bond donors (Lipinski definition) is 11. The van der Waals surface area contributed by atoms with Crippen LogP contribution in [0.15, 0.2) is 77.8 Å². The van der Waals surface area contributed by atoms with Crippen molar-refractivity contribution in [3.63, 3.8) is 0 Å². The Morgan fingerprint density at radius 2 is 1.08 bits per heavy atom. The number of phenols is 1. The number of benzene rings is 3. The molecule has 5 atom stereocenters. The zero-order chi connectivity index (χ0) is 44.4. The van der Waals surface area contributed by atoms with Gasteiger partial charge in [-0.1, -0.05) is 36.4 Å². The van der Waals surface area contributed by atoms with Gasteiger partial charge in [-0.2, -0.15) is 0 Å². The topological polar surface area (TPSA) is 337 Å². The number of aliphatic carboxylic acids is 1. The van der Waals surface area contributed by atoms with Gasteiger partial charge < -0.3 is 59.7 Å². The normalized spacial score (nSPS) is 13.2. The number of hydrogen-bond acceptors (Lipinski definition) is 10. The van der Waals surface area contributed by atoms with Crippen molar-refractivity contribution in [3.05, 3.63) is 101 Å². The van der Waals surface area contributed by atoms with Crippen LogP contribution in [0.1, 0.15) is 36.0 Å². The summed E-state index contributed by atoms with van der Waals surface area (Å²) in [7, 11) is 0. The largest absolute Gasteiger partial charge is 0.508 e. The number of carbonyl (C=O) groups is 7. The minimum absolute atomic E-state index is 0.0226. The van der Waals surface area contributed by atoms with Crippen LogP contribution in [0.4, 0.5) is 8.78 Å². The fourth-order valence-corrected chi connectivity index (χ4v) is 5.64. The van der Waals surface area contributed by atoms with Crippen molar-refractivity contribution in [1.29, 1.82) is 0 Å². The molecule has 21 heteroatoms. The Bertz CT molecular complexity index is 2000. The highest BCUT2D eigenvalue weighted by molar-refractivity contribution is 5.96. The molecule has 15 N–H and O–H groups in total. The summed E-state index contributed by atoms with van der Waals surface area (Å²) in [6.45, 7) is -0.732. The molecule has 0 aliphatic heterocycles. The highest BCUT2D eigenvalue weighted by Crippen LogP contribution is 2.14. The first kappa shape index (κ1) is 47.2. The Labute approximate surface area is 342 Å². The number of aromatic hydroxyl groups is 1. The number of carboxylic acid groups (broad SMARTS) is 1. The number of nitrogens with two attached hydrogens (primary N) is 4. The monoisotopic (exact) mass is 838 g/mol. The molecule has 0 radical (unpaired) electrons. The van der Waals surface area contributed by atoms with Crippen LogP contribution < -0.4 is 49.5 Å². The summed E-state index contributed by atoms with van der Waals surface area (Å²) in [5, 5.41) is 31.0. The fourth-order valence-electron chi connectivity index (χ4n) is 5.64. The van der Waals surface area contributed by atoms with Crippen molar-refractivity contribution >= 4 is 47.4 Å². The third-order valence-corrected chi connectivity index (χ3v) is 8.76. The summed E-state index contributed by atoms with van der Waals surface area (Å²) in [5.74, 6) is -8.35. The number of carbonyl (C=O) groups excluding carboxylic acids is 6. The number of nitrogens with zero attached hydrogens (tertiary/aromatic N) is 1. The fraction of sp³-hybridized carbons (Fsp3) is 0.333. The first-order chi connectivity index (χ1) is 28.4. The molecule has 0 heterocycles. The van der Waals surface area contributed by atoms with Crippen molar-refractivity contribution < 1.29 is 52.6 Å². The molecule has 0 aliphatic rings. The first-order valence-corrected chi connectivity index (χ1v) is 18.5. The Balaban J connectivity index is 1.88. The molecule has 0 spiro atoms. The third kappa shape index (κ3) is 16.7. The predicted molar refractivity (Wildman–Crippen MR) is 212 cm³/mol. The number of aliphatic imine (C=N–C) groups is 1. The molecule has 0 fully saturated rings. The van der Waals surface area contributed by atoms with Gasteiger partial charge in [0.1, 0.15) is 41.6 Å². The van der Waals surface area contributed by atoms with Crippen LogP contribution in [0, 0.1) is 11.6 Å². The van der Waals surface area contributed by atoms with E-state index in [1.165, 1.54) is 60.7 Å². The SMILES string of the molecule is NC(=O)C(CC(=O)O)NC(=O)CNC(=O)C(CCCN=C(N)N)NC(=O)C(Cc1ccc(O)cc1)NC(=O)C(Cc1ccc(F)cc1)NC(=O)C(N)Cc1ccc(F)cc1. The van der Waals surface area contributed by atoms with E-state index in [1.54, 1.807) is 0 Å². The zero-order valence-electron chi connectivity index (χ0n) is 32.2. The van der Waals surface area contributed by atoms with Crippen molar-refractivity contribution in [3.8, 4) is 5.75 Å². The van der Waals surface area contributed by atoms with E-state index in [-0.39, 0.29) is 50.4 Å². The van der Waals surface area contributed by atoms with E-state index in [0.29, 0.717) is 16.7 Å². The Kier molecular flexibility index (Phi) is 18.3. The number of guanidine groups is 1. The van der Waals surface area contributed by atoms with Crippen molar-refractivity contribution in [2.45, 2.75) is 68.7 Å². The molecule has 0 aliphatic carbocycles. The minimum atomic E-state index is -1.58. The van der Waals surface area contributed by atoms with Gasteiger partial charge in [-0.3, -0.25) is 38.6 Å². The van der Waals surface area contributed by atoms with Crippen LogP contribution in [-0.4, -0.2) is 101 Å². The molecular formula is C39H48F2N10O9. The zero-order valence-corrected chi connectivity index (χ0v) is 32.2. The molecule has 0 aromatic heterocycles. The van der Waals surface area contributed by atoms with Crippen LogP contribution in [0.3, 0.4) is 0 Å². The van der Waals surface area contributed by atoms with Gasteiger partial charge in [0, 0.05) is 19.4 Å². The van der Waals surface area contributed by atoms with Crippen LogP contribution in [0.2, 0.25) is 0 Å². The van der Waals surface area contributed by atoms with E-state index in [9.17, 15) is 47.4 Å². The van der Waals surface area contributed by atoms with E-state index in [4.69, 9.17) is 28.0 Å². The van der Waals surface area contributed by atoms with Crippen molar-refractivity contribution in [2.75, 3.05) is 13.1 Å². The molecular weight excluding hydrogens is 790 g/mol. The lowest BCUT2D eigenvalue weighted by molar-refractivity contribution is -0.140. The second kappa shape index (κ2) is 23.3. The van der Waals surface area contributed by atoms with E-state index < -0.39 is 96.2 Å². The van der Waals surface area contributed by atoms with Gasteiger partial charge in [-0.05, 0) is 72.4 Å². The third-order valence-electron chi connectivity index (χ3n) is 8.76. The van der Waals surface area contributed by atoms with Crippen LogP contribution in [-0.2, 0) is 52.8 Å². The van der Waals surface area contributed by atoms with Gasteiger partial charge >= 0.3 is 5.97 Å². The average Bonchev–Trinajstić information content (AvgIpc) is 3.19. The Morgan fingerprint density at radius 3 is 1.57 bits per heavy atom. The van der Waals surface area contributed by atoms with Gasteiger partial charge in [0.05, 0.1) is 19.0 Å². The minimum Gasteiger partial charge on any atom is -0.508 e. The van der Waals surface area contributed by atoms with Gasteiger partial charge in [-0.15, -0.1) is 0 Å². The number of nitrogens with one attached hydrogen (secondary N) is 5. The van der Waals surface area contributed by atoms with Gasteiger partial charge in [0.25, 0.3) is 0 Å². The summed E-state index contributed by atoms with van der Waals surface area (Å²) in [6.07, 6.45) is -1.20. The van der Waals surface area contributed by atoms with E-state index in [2.05, 4.69) is 31.6 Å². The summed E-state index contributed by atoms with van der Waals surface area (Å²) in [4.78, 5) is 94.0. The molecule has 322 valence electrons. The lowest BCUT2D eigenvalue weighted by Crippen LogP contribution is -2.59. The van der Waals surface area contributed by atoms with E-state index in [0.717, 1.165) is 12.1 Å². The second-order valence-electron chi connectivity index (χ2n) is 13.6. The Morgan fingerprint density at radius 1 is 0.617 bits per heavy atom. The number of phenolic OH excluding ortho intramolecular Hbond substituents is 1. The molecule has 3 aromatic rings.